The molecule has 2 fully saturated rings. The monoisotopic (exact) mass is 185 g/mol. The summed E-state index contributed by atoms with van der Waals surface area (Å²) >= 11 is 2.17. The highest BCUT2D eigenvalue weighted by Crippen LogP contribution is 2.43. The predicted molar refractivity (Wildman–Crippen MR) is 55.4 cm³/mol. The molecule has 0 aliphatic carbocycles. The first-order chi connectivity index (χ1) is 5.59. The molecule has 0 aromatic heterocycles. The molecule has 12 heavy (non-hydrogen) atoms. The summed E-state index contributed by atoms with van der Waals surface area (Å²) in [5, 5.41) is 0.782. The molecule has 0 spiro atoms. The van der Waals surface area contributed by atoms with Crippen LogP contribution >= 0.6 is 11.8 Å². The van der Waals surface area contributed by atoms with E-state index in [-0.39, 0.29) is 0 Å². The SMILES string of the molecule is CC(C)(C)C1SCC2CCCN21. The molecule has 2 rings (SSSR count). The molecular weight excluding hydrogens is 166 g/mol. The molecule has 0 N–H and O–H groups in total. The Morgan fingerprint density at radius 2 is 2.08 bits per heavy atom. The van der Waals surface area contributed by atoms with Gasteiger partial charge in [0.05, 0.1) is 5.37 Å². The van der Waals surface area contributed by atoms with Gasteiger partial charge in [0, 0.05) is 11.8 Å². The highest BCUT2D eigenvalue weighted by molar-refractivity contribution is 8.00. The van der Waals surface area contributed by atoms with E-state index >= 15 is 0 Å². The first-order valence-corrected chi connectivity index (χ1v) is 6.01. The summed E-state index contributed by atoms with van der Waals surface area (Å²) in [5.41, 5.74) is 0.462. The maximum absolute atomic E-state index is 2.73. The molecule has 2 heterocycles. The number of hydrogen-bond acceptors (Lipinski definition) is 2. The van der Waals surface area contributed by atoms with Crippen LogP contribution in [0, 0.1) is 5.41 Å². The summed E-state index contributed by atoms with van der Waals surface area (Å²) in [4.78, 5) is 2.73. The topological polar surface area (TPSA) is 3.24 Å². The maximum atomic E-state index is 2.73. The van der Waals surface area contributed by atoms with E-state index in [4.69, 9.17) is 0 Å². The minimum Gasteiger partial charge on any atom is -0.287 e. The Hall–Kier alpha value is 0.310. The Labute approximate surface area is 79.9 Å². The van der Waals surface area contributed by atoms with Gasteiger partial charge in [-0.3, -0.25) is 4.90 Å². The Balaban J connectivity index is 2.09. The van der Waals surface area contributed by atoms with Crippen molar-refractivity contribution in [3.63, 3.8) is 0 Å². The highest BCUT2D eigenvalue weighted by Gasteiger charge is 2.42. The zero-order valence-electron chi connectivity index (χ0n) is 8.34. The van der Waals surface area contributed by atoms with Crippen molar-refractivity contribution in [3.05, 3.63) is 0 Å². The van der Waals surface area contributed by atoms with Gasteiger partial charge in [-0.25, -0.2) is 0 Å². The van der Waals surface area contributed by atoms with Crippen LogP contribution in [-0.2, 0) is 0 Å². The van der Waals surface area contributed by atoms with Crippen molar-refractivity contribution in [2.24, 2.45) is 5.41 Å². The van der Waals surface area contributed by atoms with E-state index < -0.39 is 0 Å². The zero-order valence-corrected chi connectivity index (χ0v) is 9.16. The van der Waals surface area contributed by atoms with Crippen LogP contribution in [0.5, 0.6) is 0 Å². The summed E-state index contributed by atoms with van der Waals surface area (Å²) in [7, 11) is 0. The van der Waals surface area contributed by atoms with Gasteiger partial charge in [-0.05, 0) is 24.8 Å². The van der Waals surface area contributed by atoms with E-state index in [0.29, 0.717) is 5.41 Å². The lowest BCUT2D eigenvalue weighted by atomic mass is 9.95. The molecule has 2 aliphatic rings. The van der Waals surface area contributed by atoms with Crippen molar-refractivity contribution >= 4 is 11.8 Å². The third kappa shape index (κ3) is 1.39. The summed E-state index contributed by atoms with van der Waals surface area (Å²) < 4.78 is 0. The summed E-state index contributed by atoms with van der Waals surface area (Å²) in [6, 6.07) is 0.916. The largest absolute Gasteiger partial charge is 0.287 e. The smallest absolute Gasteiger partial charge is 0.0609 e. The molecule has 0 aromatic rings. The van der Waals surface area contributed by atoms with E-state index in [9.17, 15) is 0 Å². The maximum Gasteiger partial charge on any atom is 0.0609 e. The number of rotatable bonds is 0. The lowest BCUT2D eigenvalue weighted by Crippen LogP contribution is -2.39. The molecule has 70 valence electrons. The van der Waals surface area contributed by atoms with Crippen molar-refractivity contribution in [2.45, 2.75) is 45.0 Å². The molecule has 2 unspecified atom stereocenters. The van der Waals surface area contributed by atoms with Crippen LogP contribution in [0.1, 0.15) is 33.6 Å². The van der Waals surface area contributed by atoms with E-state index in [1.54, 1.807) is 0 Å². The van der Waals surface area contributed by atoms with Crippen LogP contribution in [0.4, 0.5) is 0 Å². The average molecular weight is 185 g/mol. The first-order valence-electron chi connectivity index (χ1n) is 4.96. The van der Waals surface area contributed by atoms with Crippen LogP contribution in [0.2, 0.25) is 0 Å². The fourth-order valence-corrected chi connectivity index (χ4v) is 4.12. The third-order valence-electron chi connectivity index (χ3n) is 2.91. The van der Waals surface area contributed by atoms with Crippen LogP contribution in [-0.4, -0.2) is 28.6 Å². The highest BCUT2D eigenvalue weighted by atomic mass is 32.2. The molecular formula is C10H19NS. The fourth-order valence-electron chi connectivity index (χ4n) is 2.39. The van der Waals surface area contributed by atoms with E-state index in [2.05, 4.69) is 37.4 Å². The minimum absolute atomic E-state index is 0.462. The van der Waals surface area contributed by atoms with Gasteiger partial charge in [-0.2, -0.15) is 0 Å². The molecule has 1 nitrogen and oxygen atoms in total. The Morgan fingerprint density at radius 1 is 1.33 bits per heavy atom. The standard InChI is InChI=1S/C10H19NS/c1-10(2,3)9-11-6-4-5-8(11)7-12-9/h8-9H,4-7H2,1-3H3. The van der Waals surface area contributed by atoms with Gasteiger partial charge in [0.2, 0.25) is 0 Å². The van der Waals surface area contributed by atoms with Crippen LogP contribution < -0.4 is 0 Å². The normalized spacial score (nSPS) is 37.2. The van der Waals surface area contributed by atoms with Gasteiger partial charge in [-0.15, -0.1) is 11.8 Å². The zero-order chi connectivity index (χ0) is 8.77. The molecule has 0 radical (unpaired) electrons. The van der Waals surface area contributed by atoms with Crippen molar-refractivity contribution < 1.29 is 0 Å². The molecule has 2 saturated heterocycles. The molecule has 2 atom stereocenters. The second-order valence-corrected chi connectivity index (χ2v) is 6.20. The lowest BCUT2D eigenvalue weighted by Gasteiger charge is -2.33. The molecule has 2 heteroatoms. The number of hydrogen-bond donors (Lipinski definition) is 0. The van der Waals surface area contributed by atoms with Crippen molar-refractivity contribution in [2.75, 3.05) is 12.3 Å². The average Bonchev–Trinajstić information content (AvgIpc) is 2.37. The van der Waals surface area contributed by atoms with Gasteiger partial charge in [0.25, 0.3) is 0 Å². The summed E-state index contributed by atoms with van der Waals surface area (Å²) in [6.45, 7) is 8.45. The number of fused-ring (bicyclic) bond motifs is 1. The third-order valence-corrected chi connectivity index (χ3v) is 4.78. The second-order valence-electron chi connectivity index (χ2n) is 5.09. The van der Waals surface area contributed by atoms with Crippen LogP contribution in [0.15, 0.2) is 0 Å². The Bertz CT molecular complexity index is 173. The second kappa shape index (κ2) is 2.91. The Morgan fingerprint density at radius 3 is 2.75 bits per heavy atom. The van der Waals surface area contributed by atoms with Gasteiger partial charge < -0.3 is 0 Å². The molecule has 0 bridgehead atoms. The number of thioether (sulfide) groups is 1. The van der Waals surface area contributed by atoms with Gasteiger partial charge in [0.1, 0.15) is 0 Å². The fraction of sp³-hybridized carbons (Fsp3) is 1.00. The van der Waals surface area contributed by atoms with Gasteiger partial charge in [0.15, 0.2) is 0 Å². The molecule has 0 amide bonds. The number of nitrogens with zero attached hydrogens (tertiary/aromatic N) is 1. The lowest BCUT2D eigenvalue weighted by molar-refractivity contribution is 0.176. The Kier molecular flexibility index (Phi) is 2.16. The molecule has 0 saturated carbocycles. The molecule has 2 aliphatic heterocycles. The van der Waals surface area contributed by atoms with Crippen LogP contribution in [0.3, 0.4) is 0 Å². The van der Waals surface area contributed by atoms with Crippen molar-refractivity contribution in [3.8, 4) is 0 Å². The minimum atomic E-state index is 0.462. The summed E-state index contributed by atoms with van der Waals surface area (Å²) in [6.07, 6.45) is 2.87. The predicted octanol–water partition coefficient (Wildman–Crippen LogP) is 2.57. The van der Waals surface area contributed by atoms with Gasteiger partial charge >= 0.3 is 0 Å². The first kappa shape index (κ1) is 8.89. The quantitative estimate of drug-likeness (QED) is 0.570. The van der Waals surface area contributed by atoms with E-state index in [1.165, 1.54) is 25.1 Å². The van der Waals surface area contributed by atoms with E-state index in [1.807, 2.05) is 0 Å². The van der Waals surface area contributed by atoms with E-state index in [0.717, 1.165) is 11.4 Å². The van der Waals surface area contributed by atoms with Crippen molar-refractivity contribution in [1.82, 2.24) is 4.90 Å². The van der Waals surface area contributed by atoms with Crippen LogP contribution in [0.25, 0.3) is 0 Å². The van der Waals surface area contributed by atoms with Gasteiger partial charge in [-0.1, -0.05) is 20.8 Å². The van der Waals surface area contributed by atoms with Crippen molar-refractivity contribution in [1.29, 1.82) is 0 Å². The summed E-state index contributed by atoms with van der Waals surface area (Å²) in [5.74, 6) is 1.38. The molecule has 0 aromatic carbocycles.